The Morgan fingerprint density at radius 1 is 1.05 bits per heavy atom. The van der Waals surface area contributed by atoms with Gasteiger partial charge in [0.05, 0.1) is 0 Å². The number of benzene rings is 2. The molecule has 0 aromatic heterocycles. The van der Waals surface area contributed by atoms with Gasteiger partial charge in [0, 0.05) is 28.0 Å². The zero-order chi connectivity index (χ0) is 15.5. The molecular formula is C18H19ClN2O. The molecule has 1 aliphatic rings. The van der Waals surface area contributed by atoms with Crippen LogP contribution in [0.4, 0.5) is 17.1 Å². The maximum absolute atomic E-state index is 11.9. The molecule has 2 aromatic carbocycles. The van der Waals surface area contributed by atoms with Crippen molar-refractivity contribution >= 4 is 34.6 Å². The maximum Gasteiger partial charge on any atom is 0.227 e. The number of amides is 1. The molecular weight excluding hydrogens is 296 g/mol. The quantitative estimate of drug-likeness (QED) is 0.821. The Hall–Kier alpha value is -2.00. The van der Waals surface area contributed by atoms with E-state index in [0.717, 1.165) is 40.5 Å². The maximum atomic E-state index is 11.9. The molecule has 3 rings (SSSR count). The van der Waals surface area contributed by atoms with Crippen LogP contribution in [0.2, 0.25) is 5.02 Å². The zero-order valence-corrected chi connectivity index (χ0v) is 13.3. The summed E-state index contributed by atoms with van der Waals surface area (Å²) in [5.41, 5.74) is 3.80. The molecule has 2 aromatic rings. The third-order valence-electron chi connectivity index (χ3n) is 4.09. The molecule has 22 heavy (non-hydrogen) atoms. The van der Waals surface area contributed by atoms with Gasteiger partial charge in [0.15, 0.2) is 0 Å². The van der Waals surface area contributed by atoms with Crippen molar-refractivity contribution in [2.45, 2.75) is 26.2 Å². The van der Waals surface area contributed by atoms with E-state index in [4.69, 9.17) is 11.6 Å². The minimum absolute atomic E-state index is 0.136. The standard InChI is InChI=1S/C18H19ClN2O/c1-12-5-6-16(11-17(12)19)20-14-7-9-15(10-8-14)21-18(22)13-3-2-4-13/h5-11,13,20H,2-4H2,1H3,(H,21,22). The summed E-state index contributed by atoms with van der Waals surface area (Å²) in [5, 5.41) is 7.01. The van der Waals surface area contributed by atoms with Crippen LogP contribution in [-0.2, 0) is 4.79 Å². The molecule has 0 aliphatic heterocycles. The Balaban J connectivity index is 1.63. The van der Waals surface area contributed by atoms with E-state index in [9.17, 15) is 4.79 Å². The van der Waals surface area contributed by atoms with E-state index in [1.807, 2.05) is 49.4 Å². The van der Waals surface area contributed by atoms with Crippen molar-refractivity contribution in [2.75, 3.05) is 10.6 Å². The molecule has 114 valence electrons. The van der Waals surface area contributed by atoms with Crippen LogP contribution in [-0.4, -0.2) is 5.91 Å². The van der Waals surface area contributed by atoms with Crippen LogP contribution in [0.3, 0.4) is 0 Å². The van der Waals surface area contributed by atoms with Crippen molar-refractivity contribution in [3.8, 4) is 0 Å². The van der Waals surface area contributed by atoms with Gasteiger partial charge in [-0.2, -0.15) is 0 Å². The second kappa shape index (κ2) is 6.41. The number of carbonyl (C=O) groups excluding carboxylic acids is 1. The van der Waals surface area contributed by atoms with Crippen LogP contribution in [0.1, 0.15) is 24.8 Å². The van der Waals surface area contributed by atoms with Crippen LogP contribution < -0.4 is 10.6 Å². The third-order valence-corrected chi connectivity index (χ3v) is 4.50. The summed E-state index contributed by atoms with van der Waals surface area (Å²) in [6.45, 7) is 1.98. The largest absolute Gasteiger partial charge is 0.355 e. The van der Waals surface area contributed by atoms with Gasteiger partial charge in [-0.1, -0.05) is 24.1 Å². The molecule has 0 bridgehead atoms. The fraction of sp³-hybridized carbons (Fsp3) is 0.278. The number of anilines is 3. The molecule has 2 N–H and O–H groups in total. The molecule has 1 aliphatic carbocycles. The van der Waals surface area contributed by atoms with Gasteiger partial charge < -0.3 is 10.6 Å². The first kappa shape index (κ1) is 14.9. The number of nitrogens with one attached hydrogen (secondary N) is 2. The smallest absolute Gasteiger partial charge is 0.227 e. The van der Waals surface area contributed by atoms with E-state index in [1.165, 1.54) is 6.42 Å². The van der Waals surface area contributed by atoms with Gasteiger partial charge in [0.2, 0.25) is 5.91 Å². The van der Waals surface area contributed by atoms with Crippen molar-refractivity contribution < 1.29 is 4.79 Å². The Bertz CT molecular complexity index is 678. The average molecular weight is 315 g/mol. The first-order chi connectivity index (χ1) is 10.6. The fourth-order valence-corrected chi connectivity index (χ4v) is 2.57. The summed E-state index contributed by atoms with van der Waals surface area (Å²) in [6, 6.07) is 13.6. The molecule has 3 nitrogen and oxygen atoms in total. The van der Waals surface area contributed by atoms with E-state index in [-0.39, 0.29) is 11.8 Å². The Morgan fingerprint density at radius 2 is 1.68 bits per heavy atom. The number of rotatable bonds is 4. The SMILES string of the molecule is Cc1ccc(Nc2ccc(NC(=O)C3CCC3)cc2)cc1Cl. The zero-order valence-electron chi connectivity index (χ0n) is 12.5. The summed E-state index contributed by atoms with van der Waals surface area (Å²) >= 11 is 6.12. The van der Waals surface area contributed by atoms with Gasteiger partial charge in [0.1, 0.15) is 0 Å². The summed E-state index contributed by atoms with van der Waals surface area (Å²) in [5.74, 6) is 0.338. The lowest BCUT2D eigenvalue weighted by molar-refractivity contribution is -0.122. The number of aryl methyl sites for hydroxylation is 1. The van der Waals surface area contributed by atoms with E-state index >= 15 is 0 Å². The highest BCUT2D eigenvalue weighted by atomic mass is 35.5. The van der Waals surface area contributed by atoms with Crippen molar-refractivity contribution in [3.05, 3.63) is 53.1 Å². The Kier molecular flexibility index (Phi) is 4.34. The molecule has 1 saturated carbocycles. The number of carbonyl (C=O) groups is 1. The van der Waals surface area contributed by atoms with Gasteiger partial charge in [-0.25, -0.2) is 0 Å². The normalized spacial score (nSPS) is 14.3. The van der Waals surface area contributed by atoms with Gasteiger partial charge >= 0.3 is 0 Å². The molecule has 0 spiro atoms. The minimum atomic E-state index is 0.136. The van der Waals surface area contributed by atoms with Crippen molar-refractivity contribution in [2.24, 2.45) is 5.92 Å². The molecule has 0 radical (unpaired) electrons. The Labute approximate surface area is 135 Å². The molecule has 1 amide bonds. The van der Waals surface area contributed by atoms with Crippen LogP contribution in [0.5, 0.6) is 0 Å². The first-order valence-electron chi connectivity index (χ1n) is 7.56. The lowest BCUT2D eigenvalue weighted by Crippen LogP contribution is -2.27. The highest BCUT2D eigenvalue weighted by Crippen LogP contribution is 2.28. The molecule has 0 atom stereocenters. The lowest BCUT2D eigenvalue weighted by atomic mass is 9.85. The van der Waals surface area contributed by atoms with E-state index < -0.39 is 0 Å². The molecule has 1 fully saturated rings. The van der Waals surface area contributed by atoms with Crippen molar-refractivity contribution in [1.29, 1.82) is 0 Å². The predicted octanol–water partition coefficient (Wildman–Crippen LogP) is 5.13. The van der Waals surface area contributed by atoms with E-state index in [1.54, 1.807) is 0 Å². The third kappa shape index (κ3) is 3.42. The minimum Gasteiger partial charge on any atom is -0.355 e. The molecule has 0 heterocycles. The van der Waals surface area contributed by atoms with Crippen LogP contribution in [0.25, 0.3) is 0 Å². The topological polar surface area (TPSA) is 41.1 Å². The van der Waals surface area contributed by atoms with Gasteiger partial charge in [-0.05, 0) is 61.7 Å². The first-order valence-corrected chi connectivity index (χ1v) is 7.94. The number of hydrogen-bond donors (Lipinski definition) is 2. The van der Waals surface area contributed by atoms with Crippen molar-refractivity contribution in [3.63, 3.8) is 0 Å². The lowest BCUT2D eigenvalue weighted by Gasteiger charge is -2.24. The second-order valence-electron chi connectivity index (χ2n) is 5.78. The summed E-state index contributed by atoms with van der Waals surface area (Å²) in [4.78, 5) is 11.9. The highest BCUT2D eigenvalue weighted by molar-refractivity contribution is 6.31. The molecule has 0 saturated heterocycles. The number of hydrogen-bond acceptors (Lipinski definition) is 2. The monoisotopic (exact) mass is 314 g/mol. The molecule has 0 unspecified atom stereocenters. The predicted molar refractivity (Wildman–Crippen MR) is 91.9 cm³/mol. The number of halogens is 1. The fourth-order valence-electron chi connectivity index (χ4n) is 2.39. The van der Waals surface area contributed by atoms with Gasteiger partial charge in [-0.3, -0.25) is 4.79 Å². The summed E-state index contributed by atoms with van der Waals surface area (Å²) in [6.07, 6.45) is 3.19. The van der Waals surface area contributed by atoms with Gasteiger partial charge in [-0.15, -0.1) is 0 Å². The van der Waals surface area contributed by atoms with Gasteiger partial charge in [0.25, 0.3) is 0 Å². The Morgan fingerprint density at radius 3 is 2.27 bits per heavy atom. The second-order valence-corrected chi connectivity index (χ2v) is 6.19. The summed E-state index contributed by atoms with van der Waals surface area (Å²) in [7, 11) is 0. The average Bonchev–Trinajstić information content (AvgIpc) is 2.43. The van der Waals surface area contributed by atoms with E-state index in [2.05, 4.69) is 10.6 Å². The highest BCUT2D eigenvalue weighted by Gasteiger charge is 2.24. The van der Waals surface area contributed by atoms with Crippen LogP contribution in [0, 0.1) is 12.8 Å². The van der Waals surface area contributed by atoms with Crippen molar-refractivity contribution in [1.82, 2.24) is 0 Å². The summed E-state index contributed by atoms with van der Waals surface area (Å²) < 4.78 is 0. The van der Waals surface area contributed by atoms with Crippen LogP contribution >= 0.6 is 11.6 Å². The molecule has 4 heteroatoms. The van der Waals surface area contributed by atoms with Crippen LogP contribution in [0.15, 0.2) is 42.5 Å². The van der Waals surface area contributed by atoms with E-state index in [0.29, 0.717) is 0 Å².